The summed E-state index contributed by atoms with van der Waals surface area (Å²) in [6, 6.07) is 14.3. The van der Waals surface area contributed by atoms with Gasteiger partial charge < -0.3 is 14.2 Å². The first-order valence-electron chi connectivity index (χ1n) is 8.41. The van der Waals surface area contributed by atoms with Crippen LogP contribution in [0.1, 0.15) is 38.3 Å². The van der Waals surface area contributed by atoms with Gasteiger partial charge in [-0.3, -0.25) is 0 Å². The predicted molar refractivity (Wildman–Crippen MR) is 98.5 cm³/mol. The Kier molecular flexibility index (Phi) is 6.13. The highest BCUT2D eigenvalue weighted by atomic mass is 16.5. The molecule has 0 bridgehead atoms. The zero-order chi connectivity index (χ0) is 17.6. The van der Waals surface area contributed by atoms with Crippen molar-refractivity contribution in [2.45, 2.75) is 39.5 Å². The van der Waals surface area contributed by atoms with Crippen molar-refractivity contribution in [2.24, 2.45) is 0 Å². The second kappa shape index (κ2) is 8.09. The van der Waals surface area contributed by atoms with Crippen molar-refractivity contribution in [1.29, 1.82) is 0 Å². The molecule has 2 aromatic rings. The van der Waals surface area contributed by atoms with E-state index >= 15 is 0 Å². The molecular formula is C21H28O3. The summed E-state index contributed by atoms with van der Waals surface area (Å²) in [5.41, 5.74) is 2.63. The van der Waals surface area contributed by atoms with E-state index in [1.54, 1.807) is 7.11 Å². The molecule has 0 amide bonds. The maximum absolute atomic E-state index is 5.78. The van der Waals surface area contributed by atoms with Gasteiger partial charge in [-0.25, -0.2) is 0 Å². The highest BCUT2D eigenvalue weighted by Gasteiger charge is 2.12. The van der Waals surface area contributed by atoms with Gasteiger partial charge in [0.15, 0.2) is 11.5 Å². The fraction of sp³-hybridized carbons (Fsp3) is 0.429. The van der Waals surface area contributed by atoms with E-state index in [4.69, 9.17) is 14.2 Å². The Morgan fingerprint density at radius 1 is 0.833 bits per heavy atom. The molecule has 0 aromatic heterocycles. The quantitative estimate of drug-likeness (QED) is 0.658. The average Bonchev–Trinajstić information content (AvgIpc) is 2.55. The molecule has 3 heteroatoms. The Labute approximate surface area is 145 Å². The van der Waals surface area contributed by atoms with Gasteiger partial charge in [0.1, 0.15) is 5.75 Å². The second-order valence-corrected chi connectivity index (χ2v) is 6.98. The molecule has 0 aliphatic carbocycles. The summed E-state index contributed by atoms with van der Waals surface area (Å²) in [5.74, 6) is 2.45. The molecule has 0 saturated carbocycles. The van der Waals surface area contributed by atoms with E-state index in [9.17, 15) is 0 Å². The summed E-state index contributed by atoms with van der Waals surface area (Å²) in [5, 5.41) is 0. The van der Waals surface area contributed by atoms with Crippen LogP contribution in [0.2, 0.25) is 0 Å². The van der Waals surface area contributed by atoms with Gasteiger partial charge in [0.25, 0.3) is 0 Å². The summed E-state index contributed by atoms with van der Waals surface area (Å²) in [6.45, 7) is 9.88. The van der Waals surface area contributed by atoms with E-state index in [-0.39, 0.29) is 5.41 Å². The third-order valence-electron chi connectivity index (χ3n) is 3.85. The van der Waals surface area contributed by atoms with Crippen LogP contribution in [0, 0.1) is 6.92 Å². The van der Waals surface area contributed by atoms with Crippen molar-refractivity contribution in [3.05, 3.63) is 53.6 Å². The lowest BCUT2D eigenvalue weighted by Crippen LogP contribution is -2.10. The molecule has 0 saturated heterocycles. The topological polar surface area (TPSA) is 27.7 Å². The highest BCUT2D eigenvalue weighted by Crippen LogP contribution is 2.28. The Morgan fingerprint density at radius 2 is 1.50 bits per heavy atom. The van der Waals surface area contributed by atoms with Crippen LogP contribution in [0.3, 0.4) is 0 Å². The van der Waals surface area contributed by atoms with Crippen LogP contribution in [0.4, 0.5) is 0 Å². The molecule has 0 N–H and O–H groups in total. The van der Waals surface area contributed by atoms with Crippen LogP contribution in [-0.4, -0.2) is 20.3 Å². The molecule has 0 aliphatic heterocycles. The van der Waals surface area contributed by atoms with E-state index in [0.29, 0.717) is 13.2 Å². The van der Waals surface area contributed by atoms with Gasteiger partial charge in [-0.15, -0.1) is 0 Å². The fourth-order valence-electron chi connectivity index (χ4n) is 2.38. The van der Waals surface area contributed by atoms with Gasteiger partial charge in [0.05, 0.1) is 20.3 Å². The van der Waals surface area contributed by atoms with Crippen molar-refractivity contribution in [3.8, 4) is 17.2 Å². The number of benzene rings is 2. The summed E-state index contributed by atoms with van der Waals surface area (Å²) < 4.78 is 16.9. The normalized spacial score (nSPS) is 11.2. The molecule has 0 aliphatic rings. The van der Waals surface area contributed by atoms with E-state index in [1.165, 1.54) is 5.56 Å². The Balaban J connectivity index is 1.75. The van der Waals surface area contributed by atoms with Gasteiger partial charge in [0, 0.05) is 6.42 Å². The van der Waals surface area contributed by atoms with Gasteiger partial charge in [-0.05, 0) is 47.7 Å². The molecule has 130 valence electrons. The zero-order valence-electron chi connectivity index (χ0n) is 15.4. The van der Waals surface area contributed by atoms with Gasteiger partial charge >= 0.3 is 0 Å². The van der Waals surface area contributed by atoms with Crippen molar-refractivity contribution < 1.29 is 14.2 Å². The lowest BCUT2D eigenvalue weighted by atomic mass is 9.87. The molecule has 0 spiro atoms. The van der Waals surface area contributed by atoms with Crippen molar-refractivity contribution in [1.82, 2.24) is 0 Å². The minimum absolute atomic E-state index is 0.166. The third kappa shape index (κ3) is 5.19. The maximum atomic E-state index is 5.78. The lowest BCUT2D eigenvalue weighted by Gasteiger charge is -2.19. The Bertz CT molecular complexity index is 639. The fourth-order valence-corrected chi connectivity index (χ4v) is 2.38. The molecule has 24 heavy (non-hydrogen) atoms. The molecule has 3 nitrogen and oxygen atoms in total. The summed E-state index contributed by atoms with van der Waals surface area (Å²) in [6.07, 6.45) is 0.818. The number of aryl methyl sites for hydroxylation is 1. The molecule has 0 fully saturated rings. The highest BCUT2D eigenvalue weighted by molar-refractivity contribution is 5.42. The van der Waals surface area contributed by atoms with E-state index in [1.807, 2.05) is 37.3 Å². The van der Waals surface area contributed by atoms with Crippen LogP contribution in [0.15, 0.2) is 42.5 Å². The number of hydrogen-bond acceptors (Lipinski definition) is 3. The van der Waals surface area contributed by atoms with Crippen LogP contribution < -0.4 is 14.2 Å². The molecule has 0 radical (unpaired) electrons. The summed E-state index contributed by atoms with van der Waals surface area (Å²) in [7, 11) is 1.66. The molecule has 0 heterocycles. The number of methoxy groups -OCH3 is 1. The first-order valence-corrected chi connectivity index (χ1v) is 8.41. The SMILES string of the molecule is COc1cc(C)ccc1OCCCOc1ccc(C(C)(C)C)cc1. The van der Waals surface area contributed by atoms with Crippen LogP contribution >= 0.6 is 0 Å². The minimum atomic E-state index is 0.166. The van der Waals surface area contributed by atoms with Gasteiger partial charge in [-0.1, -0.05) is 39.0 Å². The van der Waals surface area contributed by atoms with E-state index < -0.39 is 0 Å². The molecule has 0 atom stereocenters. The van der Waals surface area contributed by atoms with E-state index in [2.05, 4.69) is 32.9 Å². The van der Waals surface area contributed by atoms with Crippen LogP contribution in [0.25, 0.3) is 0 Å². The lowest BCUT2D eigenvalue weighted by molar-refractivity contribution is 0.240. The monoisotopic (exact) mass is 328 g/mol. The predicted octanol–water partition coefficient (Wildman–Crippen LogP) is 5.15. The van der Waals surface area contributed by atoms with Gasteiger partial charge in [-0.2, -0.15) is 0 Å². The standard InChI is InChI=1S/C21H28O3/c1-16-7-12-19(20(15-16)22-5)24-14-6-13-23-18-10-8-17(9-11-18)21(2,3)4/h7-12,15H,6,13-14H2,1-5H3. The zero-order valence-corrected chi connectivity index (χ0v) is 15.4. The maximum Gasteiger partial charge on any atom is 0.161 e. The molecule has 2 rings (SSSR count). The first-order chi connectivity index (χ1) is 11.4. The average molecular weight is 328 g/mol. The third-order valence-corrected chi connectivity index (χ3v) is 3.85. The van der Waals surface area contributed by atoms with Crippen molar-refractivity contribution in [2.75, 3.05) is 20.3 Å². The number of ether oxygens (including phenoxy) is 3. The molecule has 2 aromatic carbocycles. The number of rotatable bonds is 7. The van der Waals surface area contributed by atoms with E-state index in [0.717, 1.165) is 29.2 Å². The smallest absolute Gasteiger partial charge is 0.161 e. The van der Waals surface area contributed by atoms with Crippen molar-refractivity contribution in [3.63, 3.8) is 0 Å². The summed E-state index contributed by atoms with van der Waals surface area (Å²) in [4.78, 5) is 0. The van der Waals surface area contributed by atoms with Crippen LogP contribution in [0.5, 0.6) is 17.2 Å². The summed E-state index contributed by atoms with van der Waals surface area (Å²) >= 11 is 0. The Hall–Kier alpha value is -2.16. The number of hydrogen-bond donors (Lipinski definition) is 0. The van der Waals surface area contributed by atoms with Crippen LogP contribution in [-0.2, 0) is 5.41 Å². The molecule has 0 unspecified atom stereocenters. The second-order valence-electron chi connectivity index (χ2n) is 6.98. The van der Waals surface area contributed by atoms with Crippen molar-refractivity contribution >= 4 is 0 Å². The first kappa shape index (κ1) is 18.2. The minimum Gasteiger partial charge on any atom is -0.493 e. The largest absolute Gasteiger partial charge is 0.493 e. The Morgan fingerprint density at radius 3 is 2.12 bits per heavy atom. The van der Waals surface area contributed by atoms with Gasteiger partial charge in [0.2, 0.25) is 0 Å². The molecular weight excluding hydrogens is 300 g/mol.